The standard InChI is InChI=1S/C13H19N/c1-3-14(2)13-10-6-8-11-7-4-5-9-12(11)13/h4-5,7,9,13H,3,6,8,10H2,1-2H3/t13-/m0/s1. The summed E-state index contributed by atoms with van der Waals surface area (Å²) < 4.78 is 0. The third-order valence-electron chi connectivity index (χ3n) is 3.37. The molecule has 1 aliphatic rings. The summed E-state index contributed by atoms with van der Waals surface area (Å²) >= 11 is 0. The third kappa shape index (κ3) is 1.69. The van der Waals surface area contributed by atoms with Crippen LogP contribution < -0.4 is 0 Å². The van der Waals surface area contributed by atoms with Crippen molar-refractivity contribution in [2.24, 2.45) is 0 Å². The Morgan fingerprint density at radius 2 is 2.14 bits per heavy atom. The molecule has 0 saturated carbocycles. The van der Waals surface area contributed by atoms with Gasteiger partial charge in [0.2, 0.25) is 0 Å². The van der Waals surface area contributed by atoms with E-state index in [1.807, 2.05) is 0 Å². The van der Waals surface area contributed by atoms with Crippen molar-refractivity contribution in [3.63, 3.8) is 0 Å². The monoisotopic (exact) mass is 189 g/mol. The van der Waals surface area contributed by atoms with E-state index in [4.69, 9.17) is 0 Å². The van der Waals surface area contributed by atoms with Crippen LogP contribution in [-0.2, 0) is 6.42 Å². The van der Waals surface area contributed by atoms with E-state index in [1.54, 1.807) is 11.1 Å². The lowest BCUT2D eigenvalue weighted by atomic mass is 9.87. The fourth-order valence-electron chi connectivity index (χ4n) is 2.41. The molecule has 1 heteroatoms. The molecule has 1 atom stereocenters. The Labute approximate surface area is 86.7 Å². The van der Waals surface area contributed by atoms with Gasteiger partial charge in [-0.1, -0.05) is 31.2 Å². The summed E-state index contributed by atoms with van der Waals surface area (Å²) in [5, 5.41) is 0. The minimum absolute atomic E-state index is 0.657. The van der Waals surface area contributed by atoms with E-state index < -0.39 is 0 Å². The summed E-state index contributed by atoms with van der Waals surface area (Å²) in [4.78, 5) is 2.46. The topological polar surface area (TPSA) is 3.24 Å². The van der Waals surface area contributed by atoms with Gasteiger partial charge in [-0.3, -0.25) is 4.90 Å². The Balaban J connectivity index is 2.30. The molecular weight excluding hydrogens is 170 g/mol. The van der Waals surface area contributed by atoms with Crippen LogP contribution in [0.1, 0.15) is 36.9 Å². The first-order chi connectivity index (χ1) is 6.83. The van der Waals surface area contributed by atoms with Gasteiger partial charge in [-0.25, -0.2) is 0 Å². The van der Waals surface area contributed by atoms with Gasteiger partial charge in [0.05, 0.1) is 0 Å². The van der Waals surface area contributed by atoms with Gasteiger partial charge in [0.25, 0.3) is 0 Å². The smallest absolute Gasteiger partial charge is 0.0347 e. The highest BCUT2D eigenvalue weighted by atomic mass is 15.1. The second-order valence-electron chi connectivity index (χ2n) is 4.18. The lowest BCUT2D eigenvalue weighted by molar-refractivity contribution is 0.232. The van der Waals surface area contributed by atoms with Gasteiger partial charge in [-0.2, -0.15) is 0 Å². The van der Waals surface area contributed by atoms with Crippen molar-refractivity contribution in [3.8, 4) is 0 Å². The molecule has 0 bridgehead atoms. The van der Waals surface area contributed by atoms with Crippen molar-refractivity contribution in [3.05, 3.63) is 35.4 Å². The molecular formula is C13H19N. The first-order valence-corrected chi connectivity index (χ1v) is 5.61. The van der Waals surface area contributed by atoms with Crippen molar-refractivity contribution in [1.29, 1.82) is 0 Å². The van der Waals surface area contributed by atoms with Crippen molar-refractivity contribution >= 4 is 0 Å². The summed E-state index contributed by atoms with van der Waals surface area (Å²) in [5.41, 5.74) is 3.12. The summed E-state index contributed by atoms with van der Waals surface area (Å²) in [6.07, 6.45) is 3.93. The van der Waals surface area contributed by atoms with E-state index in [2.05, 4.69) is 43.1 Å². The van der Waals surface area contributed by atoms with Crippen LogP contribution in [0.5, 0.6) is 0 Å². The van der Waals surface area contributed by atoms with Crippen LogP contribution in [0, 0.1) is 0 Å². The average molecular weight is 189 g/mol. The highest BCUT2D eigenvalue weighted by Gasteiger charge is 2.21. The van der Waals surface area contributed by atoms with E-state index in [1.165, 1.54) is 19.3 Å². The Morgan fingerprint density at radius 1 is 1.36 bits per heavy atom. The zero-order chi connectivity index (χ0) is 9.97. The maximum atomic E-state index is 2.46. The van der Waals surface area contributed by atoms with Gasteiger partial charge in [-0.05, 0) is 44.0 Å². The number of benzene rings is 1. The zero-order valence-electron chi connectivity index (χ0n) is 9.16. The predicted octanol–water partition coefficient (Wildman–Crippen LogP) is 3.02. The number of hydrogen-bond donors (Lipinski definition) is 0. The Morgan fingerprint density at radius 3 is 2.93 bits per heavy atom. The van der Waals surface area contributed by atoms with E-state index in [0.29, 0.717) is 6.04 Å². The lowest BCUT2D eigenvalue weighted by Crippen LogP contribution is -2.27. The Hall–Kier alpha value is -0.820. The predicted molar refractivity (Wildman–Crippen MR) is 60.4 cm³/mol. The molecule has 0 radical (unpaired) electrons. The molecule has 0 saturated heterocycles. The van der Waals surface area contributed by atoms with E-state index in [0.717, 1.165) is 6.54 Å². The molecule has 0 aromatic heterocycles. The van der Waals surface area contributed by atoms with Crippen molar-refractivity contribution in [2.45, 2.75) is 32.2 Å². The molecule has 1 aromatic carbocycles. The molecule has 76 valence electrons. The Kier molecular flexibility index (Phi) is 2.87. The van der Waals surface area contributed by atoms with E-state index >= 15 is 0 Å². The maximum Gasteiger partial charge on any atom is 0.0347 e. The molecule has 1 aromatic rings. The number of rotatable bonds is 2. The van der Waals surface area contributed by atoms with Gasteiger partial charge >= 0.3 is 0 Å². The van der Waals surface area contributed by atoms with Crippen LogP contribution in [0.15, 0.2) is 24.3 Å². The zero-order valence-corrected chi connectivity index (χ0v) is 9.16. The average Bonchev–Trinajstić information content (AvgIpc) is 2.27. The van der Waals surface area contributed by atoms with Crippen molar-refractivity contribution in [1.82, 2.24) is 4.90 Å². The molecule has 0 heterocycles. The highest BCUT2D eigenvalue weighted by molar-refractivity contribution is 5.32. The maximum absolute atomic E-state index is 2.46. The van der Waals surface area contributed by atoms with Gasteiger partial charge in [0.15, 0.2) is 0 Å². The van der Waals surface area contributed by atoms with Crippen molar-refractivity contribution in [2.75, 3.05) is 13.6 Å². The molecule has 0 spiro atoms. The third-order valence-corrected chi connectivity index (χ3v) is 3.37. The quantitative estimate of drug-likeness (QED) is 0.691. The van der Waals surface area contributed by atoms with Gasteiger partial charge in [0.1, 0.15) is 0 Å². The molecule has 0 aliphatic heterocycles. The van der Waals surface area contributed by atoms with Crippen LogP contribution in [0.4, 0.5) is 0 Å². The second-order valence-corrected chi connectivity index (χ2v) is 4.18. The van der Waals surface area contributed by atoms with Crippen LogP contribution in [0.2, 0.25) is 0 Å². The van der Waals surface area contributed by atoms with Gasteiger partial charge in [0, 0.05) is 6.04 Å². The summed E-state index contributed by atoms with van der Waals surface area (Å²) in [6, 6.07) is 9.56. The number of hydrogen-bond acceptors (Lipinski definition) is 1. The largest absolute Gasteiger partial charge is 0.300 e. The molecule has 14 heavy (non-hydrogen) atoms. The normalized spacial score (nSPS) is 20.9. The lowest BCUT2D eigenvalue weighted by Gasteiger charge is -2.32. The van der Waals surface area contributed by atoms with Crippen LogP contribution in [0.3, 0.4) is 0 Å². The fraction of sp³-hybridized carbons (Fsp3) is 0.538. The highest BCUT2D eigenvalue weighted by Crippen LogP contribution is 2.32. The summed E-state index contributed by atoms with van der Waals surface area (Å²) in [6.45, 7) is 3.37. The van der Waals surface area contributed by atoms with Crippen LogP contribution in [0.25, 0.3) is 0 Å². The SMILES string of the molecule is CCN(C)[C@H]1CCCc2ccccc21. The molecule has 0 unspecified atom stereocenters. The molecule has 1 nitrogen and oxygen atoms in total. The second kappa shape index (κ2) is 4.14. The first kappa shape index (κ1) is 9.72. The summed E-state index contributed by atoms with van der Waals surface area (Å²) in [5.74, 6) is 0. The number of aryl methyl sites for hydroxylation is 1. The van der Waals surface area contributed by atoms with Crippen LogP contribution >= 0.6 is 0 Å². The fourth-order valence-corrected chi connectivity index (χ4v) is 2.41. The number of nitrogens with zero attached hydrogens (tertiary/aromatic N) is 1. The van der Waals surface area contributed by atoms with Gasteiger partial charge in [-0.15, -0.1) is 0 Å². The van der Waals surface area contributed by atoms with Crippen LogP contribution in [-0.4, -0.2) is 18.5 Å². The summed E-state index contributed by atoms with van der Waals surface area (Å²) in [7, 11) is 2.23. The van der Waals surface area contributed by atoms with E-state index in [-0.39, 0.29) is 0 Å². The molecule has 0 amide bonds. The van der Waals surface area contributed by atoms with E-state index in [9.17, 15) is 0 Å². The minimum atomic E-state index is 0.657. The molecule has 0 fully saturated rings. The van der Waals surface area contributed by atoms with Crippen molar-refractivity contribution < 1.29 is 0 Å². The van der Waals surface area contributed by atoms with Gasteiger partial charge < -0.3 is 0 Å². The molecule has 2 rings (SSSR count). The molecule has 1 aliphatic carbocycles. The minimum Gasteiger partial charge on any atom is -0.300 e. The molecule has 0 N–H and O–H groups in total. The first-order valence-electron chi connectivity index (χ1n) is 5.61. The Bertz CT molecular complexity index is 306. The number of fused-ring (bicyclic) bond motifs is 1.